The molecule has 0 saturated carbocycles. The smallest absolute Gasteiger partial charge is 0.305 e. The van der Waals surface area contributed by atoms with Crippen LogP contribution in [0.15, 0.2) is 24.5 Å². The fraction of sp³-hybridized carbons (Fsp3) is 0.300. The Kier molecular flexibility index (Phi) is 3.79. The molecule has 1 aromatic heterocycles. The number of carbonyl (C=O) groups is 2. The minimum Gasteiger partial charge on any atom is -0.481 e. The summed E-state index contributed by atoms with van der Waals surface area (Å²) in [6.07, 6.45) is 2.99. The Morgan fingerprint density at radius 2 is 2.33 bits per heavy atom. The number of rotatable bonds is 4. The number of pyridine rings is 1. The van der Waals surface area contributed by atoms with E-state index in [1.165, 1.54) is 6.92 Å². The van der Waals surface area contributed by atoms with Crippen LogP contribution >= 0.6 is 0 Å². The van der Waals surface area contributed by atoms with Gasteiger partial charge in [-0.3, -0.25) is 14.6 Å². The van der Waals surface area contributed by atoms with E-state index in [1.54, 1.807) is 24.5 Å². The van der Waals surface area contributed by atoms with E-state index in [0.717, 1.165) is 0 Å². The van der Waals surface area contributed by atoms with Crippen molar-refractivity contribution >= 4 is 11.9 Å². The molecule has 0 aromatic carbocycles. The van der Waals surface area contributed by atoms with Gasteiger partial charge in [-0.15, -0.1) is 0 Å². The van der Waals surface area contributed by atoms with Gasteiger partial charge in [0.1, 0.15) is 0 Å². The van der Waals surface area contributed by atoms with Gasteiger partial charge in [0, 0.05) is 19.3 Å². The molecule has 0 aliphatic rings. The molecule has 1 heterocycles. The number of carboxylic acid groups (broad SMARTS) is 1. The van der Waals surface area contributed by atoms with Crippen LogP contribution in [0, 0.1) is 0 Å². The highest BCUT2D eigenvalue weighted by Gasteiger charge is 2.16. The highest BCUT2D eigenvalue weighted by Crippen LogP contribution is 2.15. The maximum Gasteiger partial charge on any atom is 0.305 e. The molecule has 1 amide bonds. The van der Waals surface area contributed by atoms with Gasteiger partial charge in [-0.1, -0.05) is 6.07 Å². The number of nitrogens with one attached hydrogen (secondary N) is 1. The number of carbonyl (C=O) groups excluding carboxylic acids is 1. The van der Waals surface area contributed by atoms with E-state index < -0.39 is 12.0 Å². The molecule has 15 heavy (non-hydrogen) atoms. The van der Waals surface area contributed by atoms with Crippen molar-refractivity contribution in [2.45, 2.75) is 19.4 Å². The van der Waals surface area contributed by atoms with Gasteiger partial charge in [-0.25, -0.2) is 0 Å². The molecule has 80 valence electrons. The molecular weight excluding hydrogens is 196 g/mol. The molecule has 0 spiro atoms. The fourth-order valence-corrected chi connectivity index (χ4v) is 1.25. The summed E-state index contributed by atoms with van der Waals surface area (Å²) in [5, 5.41) is 11.3. The van der Waals surface area contributed by atoms with Crippen molar-refractivity contribution in [3.63, 3.8) is 0 Å². The Hall–Kier alpha value is -1.91. The molecule has 0 fully saturated rings. The van der Waals surface area contributed by atoms with Crippen molar-refractivity contribution in [1.82, 2.24) is 10.3 Å². The van der Waals surface area contributed by atoms with E-state index in [-0.39, 0.29) is 12.3 Å². The van der Waals surface area contributed by atoms with E-state index in [2.05, 4.69) is 10.3 Å². The molecule has 0 radical (unpaired) electrons. The molecule has 0 aliphatic heterocycles. The summed E-state index contributed by atoms with van der Waals surface area (Å²) < 4.78 is 0. The largest absolute Gasteiger partial charge is 0.481 e. The first kappa shape index (κ1) is 11.2. The van der Waals surface area contributed by atoms with E-state index >= 15 is 0 Å². The first-order chi connectivity index (χ1) is 7.09. The Labute approximate surface area is 87.1 Å². The SMILES string of the molecule is CC(=O)N[C@@H](CC(=O)O)c1cccnc1. The number of aromatic nitrogens is 1. The molecule has 5 heteroatoms. The van der Waals surface area contributed by atoms with Crippen LogP contribution in [0.5, 0.6) is 0 Å². The normalized spacial score (nSPS) is 11.8. The molecule has 0 unspecified atom stereocenters. The minimum absolute atomic E-state index is 0.148. The van der Waals surface area contributed by atoms with Crippen molar-refractivity contribution in [3.8, 4) is 0 Å². The van der Waals surface area contributed by atoms with Gasteiger partial charge in [0.05, 0.1) is 12.5 Å². The maximum atomic E-state index is 10.9. The van der Waals surface area contributed by atoms with Crippen LogP contribution < -0.4 is 5.32 Å². The second-order valence-corrected chi connectivity index (χ2v) is 3.14. The van der Waals surface area contributed by atoms with E-state index in [1.807, 2.05) is 0 Å². The van der Waals surface area contributed by atoms with Gasteiger partial charge in [0.15, 0.2) is 0 Å². The van der Waals surface area contributed by atoms with E-state index in [9.17, 15) is 9.59 Å². The average Bonchev–Trinajstić information content (AvgIpc) is 2.17. The molecule has 0 aliphatic carbocycles. The van der Waals surface area contributed by atoms with Crippen LogP contribution in [0.3, 0.4) is 0 Å². The zero-order valence-electron chi connectivity index (χ0n) is 8.30. The van der Waals surface area contributed by atoms with E-state index in [4.69, 9.17) is 5.11 Å². The summed E-state index contributed by atoms with van der Waals surface area (Å²) >= 11 is 0. The zero-order chi connectivity index (χ0) is 11.3. The second kappa shape index (κ2) is 5.09. The summed E-state index contributed by atoms with van der Waals surface area (Å²) in [5.74, 6) is -1.22. The lowest BCUT2D eigenvalue weighted by atomic mass is 10.1. The summed E-state index contributed by atoms with van der Waals surface area (Å²) in [6, 6.07) is 2.91. The Balaban J connectivity index is 2.81. The number of hydrogen-bond acceptors (Lipinski definition) is 3. The second-order valence-electron chi connectivity index (χ2n) is 3.14. The van der Waals surface area contributed by atoms with Gasteiger partial charge >= 0.3 is 5.97 Å². The number of hydrogen-bond donors (Lipinski definition) is 2. The molecule has 0 saturated heterocycles. The standard InChI is InChI=1S/C10H12N2O3/c1-7(13)12-9(5-10(14)15)8-3-2-4-11-6-8/h2-4,6,9H,5H2,1H3,(H,12,13)(H,14,15)/t9-/m0/s1. The predicted octanol–water partition coefficient (Wildman–Crippen LogP) is 0.734. The Morgan fingerprint density at radius 3 is 2.80 bits per heavy atom. The molecule has 2 N–H and O–H groups in total. The van der Waals surface area contributed by atoms with Crippen LogP contribution in [0.1, 0.15) is 24.9 Å². The van der Waals surface area contributed by atoms with Gasteiger partial charge in [-0.2, -0.15) is 0 Å². The molecule has 0 bridgehead atoms. The van der Waals surface area contributed by atoms with Crippen molar-refractivity contribution in [3.05, 3.63) is 30.1 Å². The molecule has 5 nitrogen and oxygen atoms in total. The van der Waals surface area contributed by atoms with Crippen molar-refractivity contribution in [2.75, 3.05) is 0 Å². The number of nitrogens with zero attached hydrogens (tertiary/aromatic N) is 1. The minimum atomic E-state index is -0.961. The number of carboxylic acids is 1. The third-order valence-corrected chi connectivity index (χ3v) is 1.84. The summed E-state index contributed by atoms with van der Waals surface area (Å²) in [4.78, 5) is 25.4. The van der Waals surface area contributed by atoms with Crippen LogP contribution in [0.2, 0.25) is 0 Å². The lowest BCUT2D eigenvalue weighted by Crippen LogP contribution is -2.28. The quantitative estimate of drug-likeness (QED) is 0.764. The van der Waals surface area contributed by atoms with Crippen LogP contribution in [-0.4, -0.2) is 22.0 Å². The van der Waals surface area contributed by atoms with Crippen molar-refractivity contribution < 1.29 is 14.7 Å². The summed E-state index contributed by atoms with van der Waals surface area (Å²) in [7, 11) is 0. The average molecular weight is 208 g/mol. The lowest BCUT2D eigenvalue weighted by Gasteiger charge is -2.15. The zero-order valence-corrected chi connectivity index (χ0v) is 8.30. The highest BCUT2D eigenvalue weighted by atomic mass is 16.4. The monoisotopic (exact) mass is 208 g/mol. The predicted molar refractivity (Wildman–Crippen MR) is 53.0 cm³/mol. The highest BCUT2D eigenvalue weighted by molar-refractivity contribution is 5.75. The number of aliphatic carboxylic acids is 1. The third kappa shape index (κ3) is 3.76. The topological polar surface area (TPSA) is 79.3 Å². The summed E-state index contributed by atoms with van der Waals surface area (Å²) in [5.41, 5.74) is 0.690. The van der Waals surface area contributed by atoms with Gasteiger partial charge in [0.25, 0.3) is 0 Å². The van der Waals surface area contributed by atoms with Gasteiger partial charge in [-0.05, 0) is 11.6 Å². The van der Waals surface area contributed by atoms with Crippen LogP contribution in [-0.2, 0) is 9.59 Å². The Bertz CT molecular complexity index is 335. The molecule has 1 atom stereocenters. The first-order valence-corrected chi connectivity index (χ1v) is 4.48. The van der Waals surface area contributed by atoms with Crippen LogP contribution in [0.25, 0.3) is 0 Å². The lowest BCUT2D eigenvalue weighted by molar-refractivity contribution is -0.137. The summed E-state index contributed by atoms with van der Waals surface area (Å²) in [6.45, 7) is 1.35. The molecule has 1 aromatic rings. The first-order valence-electron chi connectivity index (χ1n) is 4.48. The van der Waals surface area contributed by atoms with Crippen molar-refractivity contribution in [1.29, 1.82) is 0 Å². The molecular formula is C10H12N2O3. The van der Waals surface area contributed by atoms with Crippen LogP contribution in [0.4, 0.5) is 0 Å². The van der Waals surface area contributed by atoms with Gasteiger partial charge in [0.2, 0.25) is 5.91 Å². The van der Waals surface area contributed by atoms with Crippen molar-refractivity contribution in [2.24, 2.45) is 0 Å². The Morgan fingerprint density at radius 1 is 1.60 bits per heavy atom. The molecule has 1 rings (SSSR count). The number of amides is 1. The maximum absolute atomic E-state index is 10.9. The third-order valence-electron chi connectivity index (χ3n) is 1.84. The fourth-order valence-electron chi connectivity index (χ4n) is 1.25. The van der Waals surface area contributed by atoms with Gasteiger partial charge < -0.3 is 10.4 Å². The van der Waals surface area contributed by atoms with E-state index in [0.29, 0.717) is 5.56 Å².